The first-order chi connectivity index (χ1) is 6.83. The molecule has 0 atom stereocenters. The van der Waals surface area contributed by atoms with Crippen molar-refractivity contribution in [1.29, 1.82) is 0 Å². The summed E-state index contributed by atoms with van der Waals surface area (Å²) in [6, 6.07) is 1.71. The van der Waals surface area contributed by atoms with E-state index >= 15 is 0 Å². The molecule has 0 spiro atoms. The third-order valence-corrected chi connectivity index (χ3v) is 1.75. The van der Waals surface area contributed by atoms with E-state index in [4.69, 9.17) is 6.42 Å². The van der Waals surface area contributed by atoms with E-state index in [2.05, 4.69) is 21.4 Å². The number of H-pyrrole nitrogens is 1. The van der Waals surface area contributed by atoms with Gasteiger partial charge in [-0.05, 0) is 12.8 Å². The number of nitrogens with one attached hydrogen (secondary N) is 2. The Labute approximate surface area is 83.1 Å². The molecule has 1 amide bonds. The normalized spacial score (nSPS) is 9.36. The molecule has 14 heavy (non-hydrogen) atoms. The van der Waals surface area contributed by atoms with Gasteiger partial charge in [0, 0.05) is 18.9 Å². The molecule has 74 valence electrons. The highest BCUT2D eigenvalue weighted by Gasteiger charge is 2.01. The predicted octanol–water partition coefficient (Wildman–Crippen LogP) is 1.54. The van der Waals surface area contributed by atoms with E-state index in [1.165, 1.54) is 0 Å². The van der Waals surface area contributed by atoms with Crippen molar-refractivity contribution in [2.45, 2.75) is 25.7 Å². The maximum Gasteiger partial charge on any atom is 0.225 e. The zero-order valence-electron chi connectivity index (χ0n) is 7.92. The lowest BCUT2D eigenvalue weighted by atomic mass is 10.2. The summed E-state index contributed by atoms with van der Waals surface area (Å²) in [4.78, 5) is 11.3. The summed E-state index contributed by atoms with van der Waals surface area (Å²) in [5.74, 6) is 3.16. The van der Waals surface area contributed by atoms with Crippen LogP contribution in [0.5, 0.6) is 0 Å². The SMILES string of the molecule is C#CCCCCC(=O)Nc1ccn[nH]1. The summed E-state index contributed by atoms with van der Waals surface area (Å²) >= 11 is 0. The quantitative estimate of drug-likeness (QED) is 0.548. The van der Waals surface area contributed by atoms with Gasteiger partial charge >= 0.3 is 0 Å². The van der Waals surface area contributed by atoms with Gasteiger partial charge in [0.2, 0.25) is 5.91 Å². The Bertz CT molecular complexity index is 311. The number of aromatic amines is 1. The highest BCUT2D eigenvalue weighted by molar-refractivity contribution is 5.89. The van der Waals surface area contributed by atoms with E-state index in [-0.39, 0.29) is 5.91 Å². The van der Waals surface area contributed by atoms with E-state index in [1.807, 2.05) is 0 Å². The molecule has 4 heteroatoms. The summed E-state index contributed by atoms with van der Waals surface area (Å²) in [6.45, 7) is 0. The standard InChI is InChI=1S/C10H13N3O/c1-2-3-4-5-6-10(14)12-9-7-8-11-13-9/h1,7-8H,3-6H2,(H2,11,12,13,14). The van der Waals surface area contributed by atoms with Crippen LogP contribution in [0.2, 0.25) is 0 Å². The Hall–Kier alpha value is -1.76. The van der Waals surface area contributed by atoms with Gasteiger partial charge in [0.1, 0.15) is 5.82 Å². The fourth-order valence-electron chi connectivity index (χ4n) is 1.05. The molecule has 4 nitrogen and oxygen atoms in total. The van der Waals surface area contributed by atoms with Crippen molar-refractivity contribution in [3.63, 3.8) is 0 Å². The van der Waals surface area contributed by atoms with Crippen LogP contribution in [0, 0.1) is 12.3 Å². The van der Waals surface area contributed by atoms with E-state index in [0.29, 0.717) is 12.2 Å². The van der Waals surface area contributed by atoms with Crippen LogP contribution in [0.25, 0.3) is 0 Å². The second-order valence-corrected chi connectivity index (χ2v) is 2.93. The van der Waals surface area contributed by atoms with Crippen molar-refractivity contribution in [3.8, 4) is 12.3 Å². The van der Waals surface area contributed by atoms with E-state index < -0.39 is 0 Å². The number of aromatic nitrogens is 2. The smallest absolute Gasteiger partial charge is 0.225 e. The molecule has 0 saturated heterocycles. The molecular formula is C10H13N3O. The molecule has 0 aromatic carbocycles. The van der Waals surface area contributed by atoms with Gasteiger partial charge in [0.25, 0.3) is 0 Å². The Morgan fingerprint density at radius 2 is 2.50 bits per heavy atom. The number of hydrogen-bond acceptors (Lipinski definition) is 2. The zero-order chi connectivity index (χ0) is 10.2. The molecular weight excluding hydrogens is 178 g/mol. The Balaban J connectivity index is 2.14. The second kappa shape index (κ2) is 5.81. The van der Waals surface area contributed by atoms with Crippen LogP contribution in [-0.4, -0.2) is 16.1 Å². The monoisotopic (exact) mass is 191 g/mol. The minimum atomic E-state index is -0.00808. The molecule has 2 N–H and O–H groups in total. The fraction of sp³-hybridized carbons (Fsp3) is 0.400. The lowest BCUT2D eigenvalue weighted by Gasteiger charge is -2.00. The van der Waals surface area contributed by atoms with Gasteiger partial charge in [-0.1, -0.05) is 0 Å². The minimum Gasteiger partial charge on any atom is -0.311 e. The van der Waals surface area contributed by atoms with Gasteiger partial charge in [0.05, 0.1) is 6.20 Å². The topological polar surface area (TPSA) is 57.8 Å². The first-order valence-corrected chi connectivity index (χ1v) is 4.55. The van der Waals surface area contributed by atoms with Gasteiger partial charge in [-0.25, -0.2) is 0 Å². The summed E-state index contributed by atoms with van der Waals surface area (Å²) in [7, 11) is 0. The number of hydrogen-bond donors (Lipinski definition) is 2. The fourth-order valence-corrected chi connectivity index (χ4v) is 1.05. The third-order valence-electron chi connectivity index (χ3n) is 1.75. The van der Waals surface area contributed by atoms with E-state index in [1.54, 1.807) is 12.3 Å². The van der Waals surface area contributed by atoms with Crippen molar-refractivity contribution in [1.82, 2.24) is 10.2 Å². The first kappa shape index (κ1) is 10.3. The van der Waals surface area contributed by atoms with Gasteiger partial charge < -0.3 is 5.32 Å². The van der Waals surface area contributed by atoms with Crippen LogP contribution in [0.4, 0.5) is 5.82 Å². The number of rotatable bonds is 5. The van der Waals surface area contributed by atoms with Crippen LogP contribution >= 0.6 is 0 Å². The van der Waals surface area contributed by atoms with Crippen molar-refractivity contribution in [2.75, 3.05) is 5.32 Å². The zero-order valence-corrected chi connectivity index (χ0v) is 7.92. The molecule has 1 rings (SSSR count). The number of terminal acetylenes is 1. The Morgan fingerprint density at radius 1 is 1.64 bits per heavy atom. The van der Waals surface area contributed by atoms with Crippen LogP contribution in [0.3, 0.4) is 0 Å². The van der Waals surface area contributed by atoms with Crippen LogP contribution in [0.15, 0.2) is 12.3 Å². The Kier molecular flexibility index (Phi) is 4.29. The Morgan fingerprint density at radius 3 is 3.14 bits per heavy atom. The molecule has 0 aliphatic rings. The molecule has 0 bridgehead atoms. The summed E-state index contributed by atoms with van der Waals surface area (Å²) in [5.41, 5.74) is 0. The van der Waals surface area contributed by atoms with Gasteiger partial charge in [-0.15, -0.1) is 12.3 Å². The molecule has 1 aromatic rings. The molecule has 0 saturated carbocycles. The van der Waals surface area contributed by atoms with Crippen molar-refractivity contribution in [2.24, 2.45) is 0 Å². The van der Waals surface area contributed by atoms with E-state index in [9.17, 15) is 4.79 Å². The van der Waals surface area contributed by atoms with Crippen LogP contribution in [-0.2, 0) is 4.79 Å². The van der Waals surface area contributed by atoms with E-state index in [0.717, 1.165) is 19.3 Å². The lowest BCUT2D eigenvalue weighted by Crippen LogP contribution is -2.11. The summed E-state index contributed by atoms with van der Waals surface area (Å²) < 4.78 is 0. The molecule has 0 unspecified atom stereocenters. The number of nitrogens with zero attached hydrogens (tertiary/aromatic N) is 1. The first-order valence-electron chi connectivity index (χ1n) is 4.55. The van der Waals surface area contributed by atoms with Gasteiger partial charge in [0.15, 0.2) is 0 Å². The number of anilines is 1. The van der Waals surface area contributed by atoms with Crippen LogP contribution in [0.1, 0.15) is 25.7 Å². The molecule has 1 heterocycles. The van der Waals surface area contributed by atoms with Crippen LogP contribution < -0.4 is 5.32 Å². The summed E-state index contributed by atoms with van der Waals surface area (Å²) in [5, 5.41) is 9.06. The number of carbonyl (C=O) groups excluding carboxylic acids is 1. The predicted molar refractivity (Wildman–Crippen MR) is 54.5 cm³/mol. The number of carbonyl (C=O) groups is 1. The molecule has 1 aromatic heterocycles. The second-order valence-electron chi connectivity index (χ2n) is 2.93. The average molecular weight is 191 g/mol. The van der Waals surface area contributed by atoms with Crippen molar-refractivity contribution < 1.29 is 4.79 Å². The third kappa shape index (κ3) is 3.76. The maximum atomic E-state index is 11.3. The largest absolute Gasteiger partial charge is 0.311 e. The summed E-state index contributed by atoms with van der Waals surface area (Å²) in [6.07, 6.45) is 9.64. The number of unbranched alkanes of at least 4 members (excludes halogenated alkanes) is 2. The number of amides is 1. The van der Waals surface area contributed by atoms with Gasteiger partial charge in [-0.3, -0.25) is 9.89 Å². The molecule has 0 aliphatic carbocycles. The maximum absolute atomic E-state index is 11.3. The highest BCUT2D eigenvalue weighted by atomic mass is 16.1. The van der Waals surface area contributed by atoms with Gasteiger partial charge in [-0.2, -0.15) is 5.10 Å². The minimum absolute atomic E-state index is 0.00808. The van der Waals surface area contributed by atoms with Crippen molar-refractivity contribution in [3.05, 3.63) is 12.3 Å². The van der Waals surface area contributed by atoms with Crippen molar-refractivity contribution >= 4 is 11.7 Å². The highest BCUT2D eigenvalue weighted by Crippen LogP contribution is 2.03. The average Bonchev–Trinajstić information content (AvgIpc) is 2.65. The molecule has 0 radical (unpaired) electrons. The molecule has 0 aliphatic heterocycles. The molecule has 0 fully saturated rings. The lowest BCUT2D eigenvalue weighted by molar-refractivity contribution is -0.116.